The molecule has 0 bridgehead atoms. The standard InChI is InChI=1S/C21H20N4O2/c1-12-5-3-6-14(9-12)20-19-16(23-21-22-13(2)24-25(20)21)10-15(11-17(19)26)18-7-4-8-27-18/h3-9,15,20H,10-11H2,1-2H3,(H,22,23,24)/t15-,20-/m0/s1. The highest BCUT2D eigenvalue weighted by Gasteiger charge is 2.40. The molecule has 2 atom stereocenters. The number of ketones is 1. The van der Waals surface area contributed by atoms with Gasteiger partial charge in [-0.3, -0.25) is 4.79 Å². The molecule has 1 aromatic carbocycles. The first kappa shape index (κ1) is 16.1. The van der Waals surface area contributed by atoms with Gasteiger partial charge in [-0.2, -0.15) is 10.1 Å². The third kappa shape index (κ3) is 2.60. The molecule has 1 aliphatic carbocycles. The lowest BCUT2D eigenvalue weighted by molar-refractivity contribution is -0.117. The van der Waals surface area contributed by atoms with Crippen LogP contribution >= 0.6 is 0 Å². The molecule has 0 amide bonds. The van der Waals surface area contributed by atoms with Crippen molar-refractivity contribution in [2.75, 3.05) is 5.32 Å². The van der Waals surface area contributed by atoms with Gasteiger partial charge in [0.15, 0.2) is 5.78 Å². The predicted molar refractivity (Wildman–Crippen MR) is 100 cm³/mol. The van der Waals surface area contributed by atoms with Gasteiger partial charge < -0.3 is 9.73 Å². The van der Waals surface area contributed by atoms with Gasteiger partial charge in [0.1, 0.15) is 17.6 Å². The molecule has 0 unspecified atom stereocenters. The molecule has 27 heavy (non-hydrogen) atoms. The van der Waals surface area contributed by atoms with E-state index in [0.717, 1.165) is 34.6 Å². The second kappa shape index (κ2) is 5.94. The first-order valence-corrected chi connectivity index (χ1v) is 9.16. The van der Waals surface area contributed by atoms with Crippen molar-refractivity contribution < 1.29 is 9.21 Å². The number of carbonyl (C=O) groups excluding carboxylic acids is 1. The number of Topliss-reactive ketones (excluding diaryl/α,β-unsaturated/α-hetero) is 1. The van der Waals surface area contributed by atoms with Crippen molar-refractivity contribution in [3.63, 3.8) is 0 Å². The van der Waals surface area contributed by atoms with Crippen molar-refractivity contribution in [2.24, 2.45) is 0 Å². The molecule has 0 saturated heterocycles. The number of aryl methyl sites for hydroxylation is 2. The van der Waals surface area contributed by atoms with Gasteiger partial charge in [0.05, 0.1) is 6.26 Å². The zero-order valence-corrected chi connectivity index (χ0v) is 15.3. The number of hydrogen-bond acceptors (Lipinski definition) is 5. The molecule has 1 aliphatic heterocycles. The van der Waals surface area contributed by atoms with E-state index in [4.69, 9.17) is 4.42 Å². The lowest BCUT2D eigenvalue weighted by Gasteiger charge is -2.34. The minimum atomic E-state index is -0.248. The van der Waals surface area contributed by atoms with Crippen molar-refractivity contribution in [3.05, 3.63) is 76.6 Å². The number of nitrogens with one attached hydrogen (secondary N) is 1. The Morgan fingerprint density at radius 1 is 1.19 bits per heavy atom. The molecular weight excluding hydrogens is 340 g/mol. The van der Waals surface area contributed by atoms with Crippen LogP contribution in [0.2, 0.25) is 0 Å². The van der Waals surface area contributed by atoms with Gasteiger partial charge in [-0.1, -0.05) is 29.8 Å². The van der Waals surface area contributed by atoms with Gasteiger partial charge in [-0.05, 0) is 38.0 Å². The average molecular weight is 360 g/mol. The predicted octanol–water partition coefficient (Wildman–Crippen LogP) is 3.90. The van der Waals surface area contributed by atoms with Crippen LogP contribution in [-0.4, -0.2) is 20.5 Å². The minimum absolute atomic E-state index is 0.0486. The van der Waals surface area contributed by atoms with Crippen molar-refractivity contribution in [2.45, 2.75) is 38.6 Å². The third-order valence-corrected chi connectivity index (χ3v) is 5.33. The van der Waals surface area contributed by atoms with E-state index in [0.29, 0.717) is 18.2 Å². The fourth-order valence-electron chi connectivity index (χ4n) is 4.19. The molecule has 0 saturated carbocycles. The van der Waals surface area contributed by atoms with Crippen molar-refractivity contribution >= 4 is 11.7 Å². The van der Waals surface area contributed by atoms with Crippen molar-refractivity contribution in [1.82, 2.24) is 14.8 Å². The Balaban J connectivity index is 1.65. The topological polar surface area (TPSA) is 73.0 Å². The van der Waals surface area contributed by atoms with Crippen LogP contribution in [-0.2, 0) is 4.79 Å². The van der Waals surface area contributed by atoms with Gasteiger partial charge in [0.2, 0.25) is 5.95 Å². The van der Waals surface area contributed by atoms with Gasteiger partial charge in [0, 0.05) is 23.6 Å². The Bertz CT molecular complexity index is 1060. The Hall–Kier alpha value is -3.15. The number of nitrogens with zero attached hydrogens (tertiary/aromatic N) is 3. The van der Waals surface area contributed by atoms with E-state index in [2.05, 4.69) is 40.5 Å². The zero-order chi connectivity index (χ0) is 18.5. The molecule has 6 nitrogen and oxygen atoms in total. The zero-order valence-electron chi connectivity index (χ0n) is 15.3. The summed E-state index contributed by atoms with van der Waals surface area (Å²) in [5.74, 6) is 2.41. The maximum absolute atomic E-state index is 13.2. The Morgan fingerprint density at radius 3 is 2.85 bits per heavy atom. The summed E-state index contributed by atoms with van der Waals surface area (Å²) in [7, 11) is 0. The summed E-state index contributed by atoms with van der Waals surface area (Å²) in [4.78, 5) is 17.7. The van der Waals surface area contributed by atoms with E-state index in [-0.39, 0.29) is 17.7 Å². The molecule has 6 heteroatoms. The van der Waals surface area contributed by atoms with Crippen LogP contribution in [0.4, 0.5) is 5.95 Å². The summed E-state index contributed by atoms with van der Waals surface area (Å²) in [6.45, 7) is 3.93. The van der Waals surface area contributed by atoms with E-state index < -0.39 is 0 Å². The molecule has 1 N–H and O–H groups in total. The summed E-state index contributed by atoms with van der Waals surface area (Å²) < 4.78 is 7.41. The van der Waals surface area contributed by atoms with E-state index in [9.17, 15) is 4.79 Å². The number of rotatable bonds is 2. The lowest BCUT2D eigenvalue weighted by atomic mass is 9.79. The number of furan rings is 1. The fourth-order valence-corrected chi connectivity index (χ4v) is 4.19. The van der Waals surface area contributed by atoms with Crippen LogP contribution in [0, 0.1) is 13.8 Å². The Kier molecular flexibility index (Phi) is 3.53. The summed E-state index contributed by atoms with van der Waals surface area (Å²) in [5.41, 5.74) is 3.93. The molecule has 2 aliphatic rings. The van der Waals surface area contributed by atoms with Crippen LogP contribution in [0.5, 0.6) is 0 Å². The number of aromatic nitrogens is 3. The molecule has 136 valence electrons. The van der Waals surface area contributed by atoms with Crippen LogP contribution in [0.1, 0.15) is 47.5 Å². The molecule has 3 heterocycles. The summed E-state index contributed by atoms with van der Waals surface area (Å²) in [6.07, 6.45) is 2.83. The number of allylic oxidation sites excluding steroid dienone is 2. The highest BCUT2D eigenvalue weighted by atomic mass is 16.3. The summed E-state index contributed by atoms with van der Waals surface area (Å²) in [6, 6.07) is 11.8. The number of carbonyl (C=O) groups is 1. The first-order valence-electron chi connectivity index (χ1n) is 9.16. The highest BCUT2D eigenvalue weighted by Crippen LogP contribution is 2.44. The monoisotopic (exact) mass is 360 g/mol. The highest BCUT2D eigenvalue weighted by molar-refractivity contribution is 6.00. The molecule has 0 radical (unpaired) electrons. The molecule has 0 fully saturated rings. The fraction of sp³-hybridized carbons (Fsp3) is 0.286. The van der Waals surface area contributed by atoms with Gasteiger partial charge in [-0.15, -0.1) is 0 Å². The van der Waals surface area contributed by atoms with Crippen molar-refractivity contribution in [1.29, 1.82) is 0 Å². The molecule has 3 aromatic rings. The summed E-state index contributed by atoms with van der Waals surface area (Å²) in [5, 5.41) is 7.93. The number of benzene rings is 1. The SMILES string of the molecule is Cc1cccc([C@H]2C3=C(C[C@H](c4ccco4)CC3=O)Nc3nc(C)nn32)c1. The van der Waals surface area contributed by atoms with E-state index in [1.54, 1.807) is 6.26 Å². The second-order valence-corrected chi connectivity index (χ2v) is 7.30. The first-order chi connectivity index (χ1) is 13.1. The largest absolute Gasteiger partial charge is 0.469 e. The maximum Gasteiger partial charge on any atom is 0.226 e. The van der Waals surface area contributed by atoms with Gasteiger partial charge in [-0.25, -0.2) is 4.68 Å². The second-order valence-electron chi connectivity index (χ2n) is 7.30. The van der Waals surface area contributed by atoms with Crippen LogP contribution < -0.4 is 5.32 Å². The smallest absolute Gasteiger partial charge is 0.226 e. The van der Waals surface area contributed by atoms with Crippen LogP contribution in [0.25, 0.3) is 0 Å². The Labute approximate surface area is 156 Å². The van der Waals surface area contributed by atoms with Crippen molar-refractivity contribution in [3.8, 4) is 0 Å². The Morgan fingerprint density at radius 2 is 2.07 bits per heavy atom. The average Bonchev–Trinajstić information content (AvgIpc) is 3.28. The number of fused-ring (bicyclic) bond motifs is 1. The lowest BCUT2D eigenvalue weighted by Crippen LogP contribution is -2.33. The normalized spacial score (nSPS) is 21.6. The van der Waals surface area contributed by atoms with Gasteiger partial charge >= 0.3 is 0 Å². The molecular formula is C21H20N4O2. The maximum atomic E-state index is 13.2. The van der Waals surface area contributed by atoms with E-state index in [1.807, 2.05) is 29.8 Å². The van der Waals surface area contributed by atoms with Crippen LogP contribution in [0.15, 0.2) is 58.3 Å². The summed E-state index contributed by atoms with van der Waals surface area (Å²) >= 11 is 0. The van der Waals surface area contributed by atoms with E-state index in [1.165, 1.54) is 0 Å². The quantitative estimate of drug-likeness (QED) is 0.750. The molecule has 0 spiro atoms. The minimum Gasteiger partial charge on any atom is -0.469 e. The van der Waals surface area contributed by atoms with E-state index >= 15 is 0 Å². The molecule has 2 aromatic heterocycles. The van der Waals surface area contributed by atoms with Crippen LogP contribution in [0.3, 0.4) is 0 Å². The van der Waals surface area contributed by atoms with Gasteiger partial charge in [0.25, 0.3) is 0 Å². The third-order valence-electron chi connectivity index (χ3n) is 5.33. The number of hydrogen-bond donors (Lipinski definition) is 1. The molecule has 5 rings (SSSR count). The number of anilines is 1.